The Bertz CT molecular complexity index is 802. The number of ketones is 2. The molecule has 4 rings (SSSR count). The lowest BCUT2D eigenvalue weighted by Crippen LogP contribution is -2.62. The van der Waals surface area contributed by atoms with Crippen LogP contribution >= 0.6 is 0 Å². The molecule has 2 N–H and O–H groups in total. The van der Waals surface area contributed by atoms with E-state index in [1.807, 2.05) is 13.0 Å². The fourth-order valence-corrected chi connectivity index (χ4v) is 7.56. The zero-order chi connectivity index (χ0) is 22.4. The zero-order valence-corrected chi connectivity index (χ0v) is 18.9. The van der Waals surface area contributed by atoms with Crippen LogP contribution in [0.5, 0.6) is 0 Å². The van der Waals surface area contributed by atoms with Crippen LogP contribution in [0.25, 0.3) is 0 Å². The van der Waals surface area contributed by atoms with E-state index in [0.717, 1.165) is 31.3 Å². The van der Waals surface area contributed by atoms with Crippen LogP contribution in [0.3, 0.4) is 0 Å². The van der Waals surface area contributed by atoms with Gasteiger partial charge in [-0.05, 0) is 62.5 Å². The van der Waals surface area contributed by atoms with Gasteiger partial charge in [0.05, 0.1) is 6.10 Å². The Morgan fingerprint density at radius 1 is 1.29 bits per heavy atom. The van der Waals surface area contributed by atoms with Gasteiger partial charge in [-0.25, -0.2) is 0 Å². The molecule has 0 unspecified atom stereocenters. The first kappa shape index (κ1) is 22.8. The van der Waals surface area contributed by atoms with Crippen molar-refractivity contribution < 1.29 is 29.3 Å². The minimum absolute atomic E-state index is 0.00583. The SMILES string of the molecule is CCCOCO[C@]1(C(=O)CO)CC[C@H]2[C@@H]3CCC4=CC(=O)C=C[C@]4(C)[C@H]3[C@@H](O)C[C@@]21C. The second-order valence-corrected chi connectivity index (χ2v) is 10.3. The summed E-state index contributed by atoms with van der Waals surface area (Å²) in [5, 5.41) is 21.3. The summed E-state index contributed by atoms with van der Waals surface area (Å²) in [5.41, 5.74) is -0.936. The molecule has 7 atom stereocenters. The lowest BCUT2D eigenvalue weighted by Gasteiger charge is -2.60. The molecule has 0 aromatic carbocycles. The molecule has 0 heterocycles. The van der Waals surface area contributed by atoms with Crippen molar-refractivity contribution in [2.75, 3.05) is 20.0 Å². The summed E-state index contributed by atoms with van der Waals surface area (Å²) < 4.78 is 11.7. The zero-order valence-electron chi connectivity index (χ0n) is 18.9. The highest BCUT2D eigenvalue weighted by atomic mass is 16.7. The van der Waals surface area contributed by atoms with Crippen molar-refractivity contribution in [1.82, 2.24) is 0 Å². The first-order chi connectivity index (χ1) is 14.7. The van der Waals surface area contributed by atoms with Gasteiger partial charge >= 0.3 is 0 Å². The van der Waals surface area contributed by atoms with Gasteiger partial charge in [-0.15, -0.1) is 0 Å². The summed E-state index contributed by atoms with van der Waals surface area (Å²) in [4.78, 5) is 25.0. The number of fused-ring (bicyclic) bond motifs is 5. The maximum Gasteiger partial charge on any atom is 0.190 e. The molecular weight excluding hydrogens is 396 g/mol. The number of rotatable bonds is 7. The Hall–Kier alpha value is -1.34. The van der Waals surface area contributed by atoms with E-state index in [-0.39, 0.29) is 41.5 Å². The van der Waals surface area contributed by atoms with Crippen LogP contribution in [0.1, 0.15) is 59.3 Å². The molecule has 4 aliphatic rings. The molecule has 6 nitrogen and oxygen atoms in total. The van der Waals surface area contributed by atoms with E-state index in [1.165, 1.54) is 0 Å². The van der Waals surface area contributed by atoms with E-state index in [4.69, 9.17) is 9.47 Å². The van der Waals surface area contributed by atoms with Crippen LogP contribution in [-0.4, -0.2) is 53.5 Å². The standard InChI is InChI=1S/C25H36O6/c1-4-11-30-15-31-25(21(29)14-26)10-8-19-18-6-5-16-12-17(27)7-9-23(16,2)22(18)20(28)13-24(19,25)3/h7,9,12,18-20,22,26,28H,4-6,8,10-11,13-15H2,1-3H3/t18-,19-,20-,22+,23-,24-,25-/m0/s1. The topological polar surface area (TPSA) is 93.1 Å². The summed E-state index contributed by atoms with van der Waals surface area (Å²) in [6, 6.07) is 0. The third kappa shape index (κ3) is 3.29. The van der Waals surface area contributed by atoms with Crippen molar-refractivity contribution >= 4 is 11.6 Å². The Labute approximate surface area is 184 Å². The summed E-state index contributed by atoms with van der Waals surface area (Å²) >= 11 is 0. The van der Waals surface area contributed by atoms with Crippen LogP contribution in [0.4, 0.5) is 0 Å². The fraction of sp³-hybridized carbons (Fsp3) is 0.760. The van der Waals surface area contributed by atoms with Crippen molar-refractivity contribution in [3.8, 4) is 0 Å². The summed E-state index contributed by atoms with van der Waals surface area (Å²) in [7, 11) is 0. The fourth-order valence-electron chi connectivity index (χ4n) is 7.56. The molecule has 31 heavy (non-hydrogen) atoms. The van der Waals surface area contributed by atoms with Crippen LogP contribution in [-0.2, 0) is 19.1 Å². The quantitative estimate of drug-likeness (QED) is 0.475. The highest BCUT2D eigenvalue weighted by molar-refractivity contribution is 6.01. The summed E-state index contributed by atoms with van der Waals surface area (Å²) in [6.07, 6.45) is 9.11. The predicted octanol–water partition coefficient (Wildman–Crippen LogP) is 2.97. The van der Waals surface area contributed by atoms with Crippen molar-refractivity contribution in [1.29, 1.82) is 0 Å². The van der Waals surface area contributed by atoms with Gasteiger partial charge in [0.1, 0.15) is 19.0 Å². The minimum Gasteiger partial charge on any atom is -0.393 e. The highest BCUT2D eigenvalue weighted by Crippen LogP contribution is 2.67. The van der Waals surface area contributed by atoms with E-state index >= 15 is 0 Å². The van der Waals surface area contributed by atoms with Crippen LogP contribution in [0.2, 0.25) is 0 Å². The Balaban J connectivity index is 1.68. The molecule has 0 aromatic heterocycles. The molecule has 6 heteroatoms. The Kier molecular flexibility index (Phi) is 6.05. The van der Waals surface area contributed by atoms with Crippen molar-refractivity contribution in [2.24, 2.45) is 28.6 Å². The lowest BCUT2D eigenvalue weighted by molar-refractivity contribution is -0.217. The van der Waals surface area contributed by atoms with Gasteiger partial charge in [0.15, 0.2) is 11.6 Å². The third-order valence-corrected chi connectivity index (χ3v) is 8.95. The van der Waals surface area contributed by atoms with Gasteiger partial charge in [-0.2, -0.15) is 0 Å². The van der Waals surface area contributed by atoms with E-state index in [0.29, 0.717) is 19.4 Å². The number of allylic oxidation sites excluding steroid dienone is 4. The van der Waals surface area contributed by atoms with Gasteiger partial charge < -0.3 is 19.7 Å². The van der Waals surface area contributed by atoms with Crippen molar-refractivity contribution in [3.63, 3.8) is 0 Å². The van der Waals surface area contributed by atoms with Crippen molar-refractivity contribution in [2.45, 2.75) is 71.0 Å². The Morgan fingerprint density at radius 3 is 2.77 bits per heavy atom. The molecule has 0 amide bonds. The number of aliphatic hydroxyl groups is 2. The average molecular weight is 433 g/mol. The molecule has 3 saturated carbocycles. The Morgan fingerprint density at radius 2 is 2.06 bits per heavy atom. The van der Waals surface area contributed by atoms with Crippen LogP contribution in [0, 0.1) is 28.6 Å². The minimum atomic E-state index is -1.14. The molecule has 0 bridgehead atoms. The van der Waals surface area contributed by atoms with Crippen LogP contribution < -0.4 is 0 Å². The second-order valence-electron chi connectivity index (χ2n) is 10.3. The second kappa shape index (κ2) is 8.22. The summed E-state index contributed by atoms with van der Waals surface area (Å²) in [6.45, 7) is 6.21. The monoisotopic (exact) mass is 432 g/mol. The lowest BCUT2D eigenvalue weighted by atomic mass is 9.46. The van der Waals surface area contributed by atoms with Gasteiger partial charge in [-0.1, -0.05) is 32.4 Å². The molecule has 3 fully saturated rings. The van der Waals surface area contributed by atoms with Gasteiger partial charge in [0, 0.05) is 23.4 Å². The first-order valence-corrected chi connectivity index (χ1v) is 11.7. The highest BCUT2D eigenvalue weighted by Gasteiger charge is 2.69. The normalized spacial score (nSPS) is 43.8. The molecule has 0 spiro atoms. The van der Waals surface area contributed by atoms with Gasteiger partial charge in [-0.3, -0.25) is 9.59 Å². The van der Waals surface area contributed by atoms with E-state index in [2.05, 4.69) is 13.8 Å². The van der Waals surface area contributed by atoms with E-state index < -0.39 is 23.7 Å². The maximum atomic E-state index is 13.1. The predicted molar refractivity (Wildman–Crippen MR) is 115 cm³/mol. The average Bonchev–Trinajstić information content (AvgIpc) is 3.03. The number of hydrogen-bond acceptors (Lipinski definition) is 6. The largest absolute Gasteiger partial charge is 0.393 e. The third-order valence-electron chi connectivity index (χ3n) is 8.95. The first-order valence-electron chi connectivity index (χ1n) is 11.7. The number of carbonyl (C=O) groups is 2. The number of Topliss-reactive ketones (excluding diaryl/α,β-unsaturated/α-hetero) is 1. The number of carbonyl (C=O) groups excluding carboxylic acids is 2. The summed E-state index contributed by atoms with van der Waals surface area (Å²) in [5.74, 6) is 0.143. The van der Waals surface area contributed by atoms with Gasteiger partial charge in [0.2, 0.25) is 0 Å². The molecule has 172 valence electrons. The van der Waals surface area contributed by atoms with Crippen LogP contribution in [0.15, 0.2) is 23.8 Å². The molecular formula is C25H36O6. The van der Waals surface area contributed by atoms with E-state index in [1.54, 1.807) is 12.2 Å². The maximum absolute atomic E-state index is 13.1. The molecule has 0 aliphatic heterocycles. The number of hydrogen-bond donors (Lipinski definition) is 2. The molecule has 0 saturated heterocycles. The number of ether oxygens (including phenoxy) is 2. The van der Waals surface area contributed by atoms with Crippen molar-refractivity contribution in [3.05, 3.63) is 23.8 Å². The van der Waals surface area contributed by atoms with E-state index in [9.17, 15) is 19.8 Å². The molecule has 0 radical (unpaired) electrons. The smallest absolute Gasteiger partial charge is 0.190 e. The van der Waals surface area contributed by atoms with Gasteiger partial charge in [0.25, 0.3) is 0 Å². The molecule has 4 aliphatic carbocycles. The molecule has 0 aromatic rings. The number of aliphatic hydroxyl groups excluding tert-OH is 2.